The molecule has 0 aliphatic carbocycles. The molecule has 0 radical (unpaired) electrons. The maximum absolute atomic E-state index is 14.5. The third kappa shape index (κ3) is 6.81. The fourth-order valence-electron chi connectivity index (χ4n) is 4.90. The number of benzene rings is 2. The van der Waals surface area contributed by atoms with Gasteiger partial charge in [-0.2, -0.15) is 0 Å². The van der Waals surface area contributed by atoms with Gasteiger partial charge in [0.25, 0.3) is 0 Å². The first kappa shape index (κ1) is 26.7. The third-order valence-corrected chi connectivity index (χ3v) is 7.09. The predicted molar refractivity (Wildman–Crippen MR) is 148 cm³/mol. The van der Waals surface area contributed by atoms with E-state index >= 15 is 0 Å². The van der Waals surface area contributed by atoms with Crippen LogP contribution in [0.5, 0.6) is 0 Å². The lowest BCUT2D eigenvalue weighted by molar-refractivity contribution is -0.118. The maximum atomic E-state index is 14.5. The van der Waals surface area contributed by atoms with Crippen molar-refractivity contribution < 1.29 is 9.18 Å². The normalized spacial score (nSPS) is 16.3. The molecule has 2 nitrogen and oxygen atoms in total. The van der Waals surface area contributed by atoms with Crippen LogP contribution in [0, 0.1) is 5.82 Å². The first-order valence-corrected chi connectivity index (χ1v) is 13.1. The van der Waals surface area contributed by atoms with Crippen molar-refractivity contribution in [2.75, 3.05) is 11.4 Å². The molecule has 2 aromatic carbocycles. The Labute approximate surface area is 211 Å². The minimum atomic E-state index is -0.179. The molecule has 186 valence electrons. The maximum Gasteiger partial charge on any atom is 0.132 e. The highest BCUT2D eigenvalue weighted by Crippen LogP contribution is 2.32. The van der Waals surface area contributed by atoms with Gasteiger partial charge in [0.15, 0.2) is 0 Å². The molecule has 2 aromatic rings. The van der Waals surface area contributed by atoms with E-state index in [0.717, 1.165) is 53.6 Å². The smallest absolute Gasteiger partial charge is 0.132 e. The van der Waals surface area contributed by atoms with E-state index in [-0.39, 0.29) is 11.6 Å². The first-order chi connectivity index (χ1) is 16.9. The van der Waals surface area contributed by atoms with E-state index in [0.29, 0.717) is 18.9 Å². The Morgan fingerprint density at radius 2 is 1.86 bits per heavy atom. The summed E-state index contributed by atoms with van der Waals surface area (Å²) in [4.78, 5) is 14.6. The van der Waals surface area contributed by atoms with Gasteiger partial charge in [-0.05, 0) is 96.7 Å². The van der Waals surface area contributed by atoms with Crippen molar-refractivity contribution in [3.05, 3.63) is 89.8 Å². The van der Waals surface area contributed by atoms with Gasteiger partial charge in [0.05, 0.1) is 0 Å². The number of nitrogens with zero attached hydrogens (tertiary/aromatic N) is 1. The van der Waals surface area contributed by atoms with Crippen LogP contribution >= 0.6 is 0 Å². The van der Waals surface area contributed by atoms with Crippen LogP contribution in [0.3, 0.4) is 0 Å². The molecule has 1 atom stereocenters. The van der Waals surface area contributed by atoms with Crippen LogP contribution in [0.25, 0.3) is 11.1 Å². The third-order valence-electron chi connectivity index (χ3n) is 7.09. The molecule has 1 heterocycles. The van der Waals surface area contributed by atoms with Gasteiger partial charge >= 0.3 is 0 Å². The van der Waals surface area contributed by atoms with Crippen molar-refractivity contribution in [1.29, 1.82) is 0 Å². The summed E-state index contributed by atoms with van der Waals surface area (Å²) >= 11 is 0. The number of aryl methyl sites for hydroxylation is 2. The number of Topliss-reactive ketones (excluding diaryl/α,β-unsaturated/α-hetero) is 1. The Balaban J connectivity index is 1.94. The van der Waals surface area contributed by atoms with Crippen LogP contribution in [0.4, 0.5) is 10.1 Å². The van der Waals surface area contributed by atoms with Crippen LogP contribution < -0.4 is 4.90 Å². The number of allylic oxidation sites excluding steroid dienone is 4. The van der Waals surface area contributed by atoms with Gasteiger partial charge in [0.2, 0.25) is 0 Å². The Kier molecular flexibility index (Phi) is 9.65. The summed E-state index contributed by atoms with van der Waals surface area (Å²) in [7, 11) is 0. The number of rotatable bonds is 11. The van der Waals surface area contributed by atoms with Gasteiger partial charge in [0, 0.05) is 31.1 Å². The molecule has 0 amide bonds. The standard InChI is InChI=1S/C32H40FNO/c1-6-11-26-13-14-27(22-31(26)33)23(4)20-25(7-2)28-16-18-32(34-19-10-9-12-24(34)5)29(21-28)15-17-30(35)8-3/h7,13-14,16,18,20-22,24H,2,4,6,8-12,15,17,19H2,1,3,5H3/b25-20+. The van der Waals surface area contributed by atoms with E-state index in [1.165, 1.54) is 30.5 Å². The van der Waals surface area contributed by atoms with Gasteiger partial charge in [-0.25, -0.2) is 4.39 Å². The number of piperidine rings is 1. The van der Waals surface area contributed by atoms with Crippen molar-refractivity contribution in [3.63, 3.8) is 0 Å². The summed E-state index contributed by atoms with van der Waals surface area (Å²) in [5, 5.41) is 0. The molecular weight excluding hydrogens is 433 g/mol. The molecule has 1 fully saturated rings. The van der Waals surface area contributed by atoms with Gasteiger partial charge < -0.3 is 4.90 Å². The summed E-state index contributed by atoms with van der Waals surface area (Å²) < 4.78 is 14.5. The molecule has 3 rings (SSSR count). The van der Waals surface area contributed by atoms with E-state index in [1.54, 1.807) is 6.07 Å². The summed E-state index contributed by atoms with van der Waals surface area (Å²) in [6.45, 7) is 15.6. The van der Waals surface area contributed by atoms with E-state index in [9.17, 15) is 9.18 Å². The lowest BCUT2D eigenvalue weighted by Crippen LogP contribution is -2.38. The summed E-state index contributed by atoms with van der Waals surface area (Å²) in [6.07, 6.45) is 11.0. The van der Waals surface area contributed by atoms with Crippen LogP contribution in [-0.4, -0.2) is 18.4 Å². The Morgan fingerprint density at radius 1 is 1.09 bits per heavy atom. The zero-order valence-electron chi connectivity index (χ0n) is 21.7. The second-order valence-electron chi connectivity index (χ2n) is 9.66. The van der Waals surface area contributed by atoms with Gasteiger partial charge in [0.1, 0.15) is 11.6 Å². The van der Waals surface area contributed by atoms with Crippen molar-refractivity contribution in [3.8, 4) is 0 Å². The topological polar surface area (TPSA) is 20.3 Å². The average molecular weight is 474 g/mol. The molecule has 0 bridgehead atoms. The molecule has 3 heteroatoms. The molecule has 1 unspecified atom stereocenters. The summed E-state index contributed by atoms with van der Waals surface area (Å²) in [6, 6.07) is 12.4. The Hall–Kier alpha value is -2.94. The molecule has 1 aliphatic rings. The highest BCUT2D eigenvalue weighted by molar-refractivity contribution is 5.87. The van der Waals surface area contributed by atoms with Crippen molar-refractivity contribution in [2.24, 2.45) is 0 Å². The molecule has 1 aliphatic heterocycles. The molecule has 1 saturated heterocycles. The minimum Gasteiger partial charge on any atom is -0.369 e. The van der Waals surface area contributed by atoms with Crippen molar-refractivity contribution in [2.45, 2.75) is 78.2 Å². The van der Waals surface area contributed by atoms with E-state index < -0.39 is 0 Å². The summed E-state index contributed by atoms with van der Waals surface area (Å²) in [5.41, 5.74) is 6.68. The van der Waals surface area contributed by atoms with E-state index in [1.807, 2.05) is 31.2 Å². The van der Waals surface area contributed by atoms with Gasteiger partial charge in [-0.1, -0.05) is 57.7 Å². The summed E-state index contributed by atoms with van der Waals surface area (Å²) in [5.74, 6) is 0.108. The number of carbonyl (C=O) groups is 1. The number of hydrogen-bond donors (Lipinski definition) is 0. The quantitative estimate of drug-likeness (QED) is 0.306. The molecule has 0 spiro atoms. The zero-order valence-corrected chi connectivity index (χ0v) is 21.7. The van der Waals surface area contributed by atoms with E-state index in [2.05, 4.69) is 50.1 Å². The van der Waals surface area contributed by atoms with Crippen LogP contribution in [-0.2, 0) is 17.6 Å². The van der Waals surface area contributed by atoms with E-state index in [4.69, 9.17) is 0 Å². The van der Waals surface area contributed by atoms with Crippen molar-refractivity contribution >= 4 is 22.6 Å². The average Bonchev–Trinajstić information content (AvgIpc) is 2.87. The SMILES string of the molecule is C=C/C(=C\C(=C)c1ccc(CCC)c(F)c1)c1ccc(N2CCCCC2C)c(CCC(=O)CC)c1. The molecule has 0 saturated carbocycles. The van der Waals surface area contributed by atoms with Gasteiger partial charge in [-0.3, -0.25) is 4.79 Å². The fourth-order valence-corrected chi connectivity index (χ4v) is 4.90. The Morgan fingerprint density at radius 3 is 2.51 bits per heavy atom. The molecular formula is C32H40FNO. The molecule has 0 aromatic heterocycles. The zero-order chi connectivity index (χ0) is 25.4. The number of ketones is 1. The highest BCUT2D eigenvalue weighted by Gasteiger charge is 2.21. The van der Waals surface area contributed by atoms with Crippen LogP contribution in [0.1, 0.15) is 81.5 Å². The van der Waals surface area contributed by atoms with Crippen LogP contribution in [0.15, 0.2) is 61.7 Å². The number of halogens is 1. The Bertz CT molecular complexity index is 1100. The highest BCUT2D eigenvalue weighted by atomic mass is 19.1. The van der Waals surface area contributed by atoms with Crippen LogP contribution in [0.2, 0.25) is 0 Å². The largest absolute Gasteiger partial charge is 0.369 e. The minimum absolute atomic E-state index is 0.179. The van der Waals surface area contributed by atoms with Crippen molar-refractivity contribution in [1.82, 2.24) is 0 Å². The number of anilines is 1. The predicted octanol–water partition coefficient (Wildman–Crippen LogP) is 8.35. The second kappa shape index (κ2) is 12.7. The fraction of sp³-hybridized carbons (Fsp3) is 0.406. The number of hydrogen-bond acceptors (Lipinski definition) is 2. The lowest BCUT2D eigenvalue weighted by atomic mass is 9.93. The second-order valence-corrected chi connectivity index (χ2v) is 9.66. The monoisotopic (exact) mass is 473 g/mol. The number of carbonyl (C=O) groups excluding carboxylic acids is 1. The van der Waals surface area contributed by atoms with Gasteiger partial charge in [-0.15, -0.1) is 0 Å². The molecule has 0 N–H and O–H groups in total. The lowest BCUT2D eigenvalue weighted by Gasteiger charge is -2.37. The first-order valence-electron chi connectivity index (χ1n) is 13.1. The molecule has 35 heavy (non-hydrogen) atoms.